The summed E-state index contributed by atoms with van der Waals surface area (Å²) in [6.45, 7) is 6.76. The molecular weight excluding hydrogens is 358 g/mol. The normalized spacial score (nSPS) is 21.3. The number of fused-ring (bicyclic) bond motifs is 1. The molecule has 0 amide bonds. The molecule has 1 fully saturated rings. The molecule has 2 atom stereocenters. The van der Waals surface area contributed by atoms with Crippen molar-refractivity contribution in [1.29, 1.82) is 0 Å². The molecule has 0 bridgehead atoms. The average molecular weight is 392 g/mol. The number of benzene rings is 1. The van der Waals surface area contributed by atoms with Gasteiger partial charge in [-0.2, -0.15) is 0 Å². The second kappa shape index (κ2) is 10.5. The van der Waals surface area contributed by atoms with Gasteiger partial charge in [-0.3, -0.25) is 4.99 Å². The first-order valence-corrected chi connectivity index (χ1v) is 10.2. The first-order valence-electron chi connectivity index (χ1n) is 10.2. The second-order valence-corrected chi connectivity index (χ2v) is 7.41. The molecule has 0 aromatic heterocycles. The van der Waals surface area contributed by atoms with Gasteiger partial charge in [0.1, 0.15) is 17.6 Å². The van der Waals surface area contributed by atoms with Gasteiger partial charge in [-0.1, -0.05) is 0 Å². The van der Waals surface area contributed by atoms with Crippen molar-refractivity contribution in [3.8, 4) is 11.5 Å². The first kappa shape index (κ1) is 20.7. The fourth-order valence-electron chi connectivity index (χ4n) is 3.56. The number of rotatable bonds is 9. The lowest BCUT2D eigenvalue weighted by molar-refractivity contribution is 0.0888. The summed E-state index contributed by atoms with van der Waals surface area (Å²) in [5, 5.41) is 6.67. The summed E-state index contributed by atoms with van der Waals surface area (Å²) >= 11 is 0. The van der Waals surface area contributed by atoms with Crippen LogP contribution in [0.15, 0.2) is 17.1 Å². The number of guanidine groups is 1. The van der Waals surface area contributed by atoms with Crippen molar-refractivity contribution in [2.45, 2.75) is 38.8 Å². The number of ether oxygens (including phenoxy) is 4. The van der Waals surface area contributed by atoms with Crippen molar-refractivity contribution >= 4 is 5.96 Å². The van der Waals surface area contributed by atoms with Gasteiger partial charge in [0, 0.05) is 56.8 Å². The zero-order valence-corrected chi connectivity index (χ0v) is 17.3. The van der Waals surface area contributed by atoms with Gasteiger partial charge in [0.05, 0.1) is 20.3 Å². The number of nitrogens with one attached hydrogen (secondary N) is 2. The molecule has 7 heteroatoms. The summed E-state index contributed by atoms with van der Waals surface area (Å²) in [6, 6.07) is 4.15. The van der Waals surface area contributed by atoms with Gasteiger partial charge in [0.25, 0.3) is 0 Å². The predicted octanol–water partition coefficient (Wildman–Crippen LogP) is 2.13. The minimum Gasteiger partial charge on any atom is -0.496 e. The summed E-state index contributed by atoms with van der Waals surface area (Å²) < 4.78 is 22.5. The third-order valence-electron chi connectivity index (χ3n) is 5.10. The standard InChI is InChI=1S/C21H33N3O4/c1-15-9-17-10-19(25-3)18(11-20(17)28-15)12-24-21(22-2)23-6-4-7-26-13-16-5-8-27-14-16/h10-11,15-16H,4-9,12-14H2,1-3H3,(H2,22,23,24). The van der Waals surface area contributed by atoms with Gasteiger partial charge in [-0.15, -0.1) is 0 Å². The van der Waals surface area contributed by atoms with Crippen LogP contribution in [0.1, 0.15) is 30.9 Å². The third-order valence-corrected chi connectivity index (χ3v) is 5.10. The highest BCUT2D eigenvalue weighted by Gasteiger charge is 2.21. The molecule has 2 aliphatic heterocycles. The maximum Gasteiger partial charge on any atom is 0.191 e. The number of aliphatic imine (C=N–C) groups is 1. The monoisotopic (exact) mass is 391 g/mol. The number of methoxy groups -OCH3 is 1. The fraction of sp³-hybridized carbons (Fsp3) is 0.667. The molecule has 2 unspecified atom stereocenters. The van der Waals surface area contributed by atoms with Crippen LogP contribution in [0.2, 0.25) is 0 Å². The molecule has 0 aliphatic carbocycles. The molecule has 2 N–H and O–H groups in total. The highest BCUT2D eigenvalue weighted by atomic mass is 16.5. The van der Waals surface area contributed by atoms with Crippen molar-refractivity contribution < 1.29 is 18.9 Å². The summed E-state index contributed by atoms with van der Waals surface area (Å²) in [5.74, 6) is 3.17. The summed E-state index contributed by atoms with van der Waals surface area (Å²) in [5.41, 5.74) is 2.26. The minimum absolute atomic E-state index is 0.223. The van der Waals surface area contributed by atoms with Crippen molar-refractivity contribution in [3.63, 3.8) is 0 Å². The lowest BCUT2D eigenvalue weighted by Crippen LogP contribution is -2.37. The Balaban J connectivity index is 1.38. The van der Waals surface area contributed by atoms with Crippen LogP contribution in [0.4, 0.5) is 0 Å². The fourth-order valence-corrected chi connectivity index (χ4v) is 3.56. The van der Waals surface area contributed by atoms with E-state index in [1.165, 1.54) is 5.56 Å². The van der Waals surface area contributed by atoms with Crippen LogP contribution in [-0.4, -0.2) is 59.2 Å². The van der Waals surface area contributed by atoms with Gasteiger partial charge < -0.3 is 29.6 Å². The molecule has 2 aliphatic rings. The largest absolute Gasteiger partial charge is 0.496 e. The Hall–Kier alpha value is -1.99. The van der Waals surface area contributed by atoms with E-state index in [4.69, 9.17) is 18.9 Å². The molecule has 1 aromatic carbocycles. The molecular formula is C21H33N3O4. The highest BCUT2D eigenvalue weighted by Crippen LogP contribution is 2.34. The Labute approximate surface area is 167 Å². The minimum atomic E-state index is 0.223. The van der Waals surface area contributed by atoms with E-state index in [1.54, 1.807) is 14.2 Å². The van der Waals surface area contributed by atoms with Crippen molar-refractivity contribution in [2.24, 2.45) is 10.9 Å². The van der Waals surface area contributed by atoms with Crippen LogP contribution in [0.3, 0.4) is 0 Å². The topological polar surface area (TPSA) is 73.3 Å². The Morgan fingerprint density at radius 3 is 2.96 bits per heavy atom. The van der Waals surface area contributed by atoms with Crippen LogP contribution >= 0.6 is 0 Å². The van der Waals surface area contributed by atoms with Gasteiger partial charge in [-0.25, -0.2) is 0 Å². The number of nitrogens with zero attached hydrogens (tertiary/aromatic N) is 1. The van der Waals surface area contributed by atoms with Gasteiger partial charge in [0.2, 0.25) is 0 Å². The smallest absolute Gasteiger partial charge is 0.191 e. The molecule has 28 heavy (non-hydrogen) atoms. The quantitative estimate of drug-likeness (QED) is 0.382. The molecule has 2 heterocycles. The van der Waals surface area contributed by atoms with E-state index >= 15 is 0 Å². The maximum atomic E-state index is 5.87. The average Bonchev–Trinajstić information content (AvgIpc) is 3.34. The van der Waals surface area contributed by atoms with Crippen LogP contribution in [0, 0.1) is 5.92 Å². The van der Waals surface area contributed by atoms with Crippen molar-refractivity contribution in [3.05, 3.63) is 23.3 Å². The molecule has 1 aromatic rings. The van der Waals surface area contributed by atoms with Crippen LogP contribution in [0.5, 0.6) is 11.5 Å². The number of hydrogen-bond acceptors (Lipinski definition) is 5. The van der Waals surface area contributed by atoms with Gasteiger partial charge in [-0.05, 0) is 31.9 Å². The van der Waals surface area contributed by atoms with Crippen LogP contribution < -0.4 is 20.1 Å². The summed E-state index contributed by atoms with van der Waals surface area (Å²) in [7, 11) is 3.48. The lowest BCUT2D eigenvalue weighted by Gasteiger charge is -2.15. The predicted molar refractivity (Wildman–Crippen MR) is 109 cm³/mol. The zero-order chi connectivity index (χ0) is 19.8. The lowest BCUT2D eigenvalue weighted by atomic mass is 10.1. The summed E-state index contributed by atoms with van der Waals surface area (Å²) in [4.78, 5) is 4.29. The molecule has 7 nitrogen and oxygen atoms in total. The van der Waals surface area contributed by atoms with Gasteiger partial charge in [0.15, 0.2) is 5.96 Å². The SMILES string of the molecule is CN=C(NCCCOCC1CCOC1)NCc1cc2c(cc1OC)CC(C)O2. The van der Waals surface area contributed by atoms with Crippen LogP contribution in [-0.2, 0) is 22.4 Å². The second-order valence-electron chi connectivity index (χ2n) is 7.41. The van der Waals surface area contributed by atoms with E-state index in [9.17, 15) is 0 Å². The Bertz CT molecular complexity index is 659. The maximum absolute atomic E-state index is 5.87. The van der Waals surface area contributed by atoms with E-state index in [0.29, 0.717) is 12.5 Å². The molecule has 0 saturated carbocycles. The molecule has 156 valence electrons. The molecule has 0 spiro atoms. The van der Waals surface area contributed by atoms with E-state index in [-0.39, 0.29) is 6.10 Å². The number of hydrogen-bond donors (Lipinski definition) is 2. The summed E-state index contributed by atoms with van der Waals surface area (Å²) in [6.07, 6.45) is 3.20. The molecule has 0 radical (unpaired) electrons. The van der Waals surface area contributed by atoms with Gasteiger partial charge >= 0.3 is 0 Å². The van der Waals surface area contributed by atoms with E-state index in [2.05, 4.69) is 34.7 Å². The third kappa shape index (κ3) is 5.75. The van der Waals surface area contributed by atoms with E-state index in [0.717, 1.165) is 75.3 Å². The molecule has 1 saturated heterocycles. The van der Waals surface area contributed by atoms with Crippen molar-refractivity contribution in [2.75, 3.05) is 47.1 Å². The van der Waals surface area contributed by atoms with E-state index < -0.39 is 0 Å². The zero-order valence-electron chi connectivity index (χ0n) is 17.3. The van der Waals surface area contributed by atoms with Crippen LogP contribution in [0.25, 0.3) is 0 Å². The van der Waals surface area contributed by atoms with Crippen molar-refractivity contribution in [1.82, 2.24) is 10.6 Å². The highest BCUT2D eigenvalue weighted by molar-refractivity contribution is 5.79. The first-order chi connectivity index (χ1) is 13.7. The Morgan fingerprint density at radius 2 is 2.21 bits per heavy atom. The Morgan fingerprint density at radius 1 is 1.32 bits per heavy atom. The Kier molecular flexibility index (Phi) is 7.80. The molecule has 3 rings (SSSR count). The van der Waals surface area contributed by atoms with E-state index in [1.807, 2.05) is 0 Å².